The number of hydrogen-bond donors (Lipinski definition) is 0. The zero-order valence-electron chi connectivity index (χ0n) is 9.38. The normalized spacial score (nSPS) is 10.7. The number of hydrogen-bond acceptors (Lipinski definition) is 2. The van der Waals surface area contributed by atoms with Crippen LogP contribution in [-0.4, -0.2) is 9.55 Å². The highest BCUT2D eigenvalue weighted by Gasteiger charge is 2.05. The minimum Gasteiger partial charge on any atom is -0.269 e. The van der Waals surface area contributed by atoms with Crippen molar-refractivity contribution in [3.05, 3.63) is 70.9 Å². The third-order valence-corrected chi connectivity index (χ3v) is 2.74. The molecule has 1 aromatic carbocycles. The van der Waals surface area contributed by atoms with Crippen LogP contribution >= 0.6 is 0 Å². The molecule has 0 saturated heterocycles. The fraction of sp³-hybridized carbons (Fsp3) is 0. The zero-order valence-corrected chi connectivity index (χ0v) is 9.38. The van der Waals surface area contributed by atoms with E-state index < -0.39 is 5.82 Å². The zero-order chi connectivity index (χ0) is 12.5. The van der Waals surface area contributed by atoms with Crippen molar-refractivity contribution < 1.29 is 4.39 Å². The molecule has 0 saturated carbocycles. The summed E-state index contributed by atoms with van der Waals surface area (Å²) in [6, 6.07) is 13.5. The van der Waals surface area contributed by atoms with Crippen molar-refractivity contribution in [2.24, 2.45) is 0 Å². The van der Waals surface area contributed by atoms with Crippen LogP contribution in [0.2, 0.25) is 0 Å². The van der Waals surface area contributed by atoms with Crippen LogP contribution in [0.25, 0.3) is 16.7 Å². The summed E-state index contributed by atoms with van der Waals surface area (Å²) in [6.07, 6.45) is 1.10. The van der Waals surface area contributed by atoms with E-state index in [1.165, 1.54) is 22.8 Å². The van der Waals surface area contributed by atoms with Crippen LogP contribution in [-0.2, 0) is 0 Å². The number of fused-ring (bicyclic) bond motifs is 1. The molecule has 0 unspecified atom stereocenters. The number of halogens is 1. The fourth-order valence-electron chi connectivity index (χ4n) is 1.92. The van der Waals surface area contributed by atoms with E-state index in [9.17, 15) is 9.18 Å². The third-order valence-electron chi connectivity index (χ3n) is 2.74. The van der Waals surface area contributed by atoms with Crippen LogP contribution in [0.5, 0.6) is 0 Å². The Morgan fingerprint density at radius 2 is 1.83 bits per heavy atom. The molecule has 0 radical (unpaired) electrons. The third kappa shape index (κ3) is 1.68. The van der Waals surface area contributed by atoms with Crippen LogP contribution in [0, 0.1) is 5.82 Å². The van der Waals surface area contributed by atoms with E-state index in [4.69, 9.17) is 0 Å². The molecule has 18 heavy (non-hydrogen) atoms. The van der Waals surface area contributed by atoms with Gasteiger partial charge in [0.15, 0.2) is 0 Å². The molecule has 88 valence electrons. The van der Waals surface area contributed by atoms with Crippen LogP contribution in [0.3, 0.4) is 0 Å². The van der Waals surface area contributed by atoms with Gasteiger partial charge < -0.3 is 0 Å². The predicted octanol–water partition coefficient (Wildman–Crippen LogP) is 2.52. The largest absolute Gasteiger partial charge is 0.269 e. The predicted molar refractivity (Wildman–Crippen MR) is 67.3 cm³/mol. The molecule has 2 heterocycles. The standard InChI is InChI=1S/C14H9FN2O/c15-11-6-7-13(16-9-11)17-12-4-2-1-3-10(12)5-8-14(17)18/h1-9H. The topological polar surface area (TPSA) is 34.9 Å². The summed E-state index contributed by atoms with van der Waals surface area (Å²) < 4.78 is 14.3. The molecule has 0 aliphatic carbocycles. The van der Waals surface area contributed by atoms with Crippen LogP contribution in [0.1, 0.15) is 0 Å². The van der Waals surface area contributed by atoms with Crippen LogP contribution in [0.15, 0.2) is 59.5 Å². The lowest BCUT2D eigenvalue weighted by Gasteiger charge is -2.08. The van der Waals surface area contributed by atoms with Gasteiger partial charge in [0.2, 0.25) is 0 Å². The summed E-state index contributed by atoms with van der Waals surface area (Å²) in [5, 5.41) is 0.934. The Balaban J connectivity index is 2.37. The first-order valence-corrected chi connectivity index (χ1v) is 5.48. The summed E-state index contributed by atoms with van der Waals surface area (Å²) in [7, 11) is 0. The maximum Gasteiger partial charge on any atom is 0.256 e. The summed E-state index contributed by atoms with van der Waals surface area (Å²) in [6.45, 7) is 0. The Kier molecular flexibility index (Phi) is 2.41. The Morgan fingerprint density at radius 3 is 2.61 bits per heavy atom. The van der Waals surface area contributed by atoms with E-state index in [1.807, 2.05) is 24.3 Å². The van der Waals surface area contributed by atoms with E-state index >= 15 is 0 Å². The van der Waals surface area contributed by atoms with Crippen molar-refractivity contribution in [3.8, 4) is 5.82 Å². The number of pyridine rings is 2. The van der Waals surface area contributed by atoms with Gasteiger partial charge in [-0.1, -0.05) is 18.2 Å². The SMILES string of the molecule is O=c1ccc2ccccc2n1-c1ccc(F)cn1. The van der Waals surface area contributed by atoms with Crippen molar-refractivity contribution in [2.75, 3.05) is 0 Å². The molecule has 0 fully saturated rings. The minimum absolute atomic E-state index is 0.187. The maximum absolute atomic E-state index is 12.9. The molecule has 0 N–H and O–H groups in total. The molecular weight excluding hydrogens is 231 g/mol. The second-order valence-electron chi connectivity index (χ2n) is 3.90. The summed E-state index contributed by atoms with van der Waals surface area (Å²) in [5.74, 6) is -0.00904. The maximum atomic E-state index is 12.9. The monoisotopic (exact) mass is 240 g/mol. The Bertz CT molecular complexity index is 763. The lowest BCUT2D eigenvalue weighted by Crippen LogP contribution is -2.18. The molecule has 0 aliphatic heterocycles. The average molecular weight is 240 g/mol. The quantitative estimate of drug-likeness (QED) is 0.655. The smallest absolute Gasteiger partial charge is 0.256 e. The Hall–Kier alpha value is -2.49. The average Bonchev–Trinajstić information content (AvgIpc) is 2.40. The van der Waals surface area contributed by atoms with Crippen molar-refractivity contribution >= 4 is 10.9 Å². The number of rotatable bonds is 1. The molecule has 0 atom stereocenters. The molecule has 2 aromatic heterocycles. The first kappa shape index (κ1) is 10.7. The van der Waals surface area contributed by atoms with Gasteiger partial charge in [0.05, 0.1) is 11.7 Å². The summed E-state index contributed by atoms with van der Waals surface area (Å²) in [5.41, 5.74) is 0.567. The van der Waals surface area contributed by atoms with Gasteiger partial charge in [0.1, 0.15) is 11.6 Å². The first-order chi connectivity index (χ1) is 8.75. The van der Waals surface area contributed by atoms with Gasteiger partial charge in [0.25, 0.3) is 5.56 Å². The van der Waals surface area contributed by atoms with Gasteiger partial charge >= 0.3 is 0 Å². The van der Waals surface area contributed by atoms with Gasteiger partial charge in [-0.3, -0.25) is 9.36 Å². The molecule has 0 bridgehead atoms. The Morgan fingerprint density at radius 1 is 1.00 bits per heavy atom. The first-order valence-electron chi connectivity index (χ1n) is 5.48. The molecule has 0 amide bonds. The van der Waals surface area contributed by atoms with Crippen molar-refractivity contribution in [3.63, 3.8) is 0 Å². The molecule has 3 aromatic rings. The number of benzene rings is 1. The van der Waals surface area contributed by atoms with E-state index in [-0.39, 0.29) is 5.56 Å². The van der Waals surface area contributed by atoms with Crippen molar-refractivity contribution in [1.29, 1.82) is 0 Å². The van der Waals surface area contributed by atoms with E-state index in [1.54, 1.807) is 6.07 Å². The van der Waals surface area contributed by atoms with Crippen LogP contribution in [0.4, 0.5) is 4.39 Å². The van der Waals surface area contributed by atoms with Crippen molar-refractivity contribution in [2.45, 2.75) is 0 Å². The summed E-state index contributed by atoms with van der Waals surface area (Å²) in [4.78, 5) is 15.9. The molecule has 4 heteroatoms. The lowest BCUT2D eigenvalue weighted by molar-refractivity contribution is 0.620. The molecule has 3 nitrogen and oxygen atoms in total. The number of para-hydroxylation sites is 1. The highest BCUT2D eigenvalue weighted by Crippen LogP contribution is 2.14. The van der Waals surface area contributed by atoms with E-state index in [2.05, 4.69) is 4.98 Å². The Labute approximate surface area is 102 Å². The van der Waals surface area contributed by atoms with Gasteiger partial charge in [-0.25, -0.2) is 9.37 Å². The number of aromatic nitrogens is 2. The van der Waals surface area contributed by atoms with Gasteiger partial charge in [0, 0.05) is 6.07 Å². The summed E-state index contributed by atoms with van der Waals surface area (Å²) >= 11 is 0. The van der Waals surface area contributed by atoms with Crippen molar-refractivity contribution in [1.82, 2.24) is 9.55 Å². The minimum atomic E-state index is -0.424. The molecule has 0 aliphatic rings. The second-order valence-corrected chi connectivity index (χ2v) is 3.90. The highest BCUT2D eigenvalue weighted by molar-refractivity contribution is 5.80. The van der Waals surface area contributed by atoms with Crippen LogP contribution < -0.4 is 5.56 Å². The number of nitrogens with zero attached hydrogens (tertiary/aromatic N) is 2. The van der Waals surface area contributed by atoms with E-state index in [0.717, 1.165) is 17.1 Å². The fourth-order valence-corrected chi connectivity index (χ4v) is 1.92. The van der Waals surface area contributed by atoms with Gasteiger partial charge in [-0.15, -0.1) is 0 Å². The lowest BCUT2D eigenvalue weighted by atomic mass is 10.2. The van der Waals surface area contributed by atoms with Gasteiger partial charge in [-0.05, 0) is 29.7 Å². The second kappa shape index (κ2) is 4.07. The molecule has 0 spiro atoms. The molecule has 3 rings (SSSR count). The van der Waals surface area contributed by atoms with E-state index in [0.29, 0.717) is 5.82 Å². The molecular formula is C14H9FN2O. The highest BCUT2D eigenvalue weighted by atomic mass is 19.1. The van der Waals surface area contributed by atoms with Gasteiger partial charge in [-0.2, -0.15) is 0 Å².